The second kappa shape index (κ2) is 8.99. The van der Waals surface area contributed by atoms with Crippen molar-refractivity contribution in [3.63, 3.8) is 0 Å². The SMILES string of the molecule is CCC[C@@]1(c2ccccc2)NC(=O)N(CC(=O)NC(=O)Nc2ccc(C)cc2C)C1=O. The number of nitrogens with one attached hydrogen (secondary N) is 3. The number of carbonyl (C=O) groups is 4. The normalized spacial score (nSPS) is 18.0. The molecule has 6 amide bonds. The summed E-state index contributed by atoms with van der Waals surface area (Å²) in [6, 6.07) is 13.0. The Morgan fingerprint density at radius 2 is 1.77 bits per heavy atom. The molecule has 1 fully saturated rings. The zero-order valence-corrected chi connectivity index (χ0v) is 17.8. The molecule has 162 valence electrons. The number of hydrogen-bond acceptors (Lipinski definition) is 4. The van der Waals surface area contributed by atoms with Crippen LogP contribution < -0.4 is 16.0 Å². The van der Waals surface area contributed by atoms with E-state index in [1.165, 1.54) is 0 Å². The van der Waals surface area contributed by atoms with Crippen molar-refractivity contribution < 1.29 is 19.2 Å². The van der Waals surface area contributed by atoms with Crippen molar-refractivity contribution in [1.82, 2.24) is 15.5 Å². The molecule has 0 saturated carbocycles. The minimum absolute atomic E-state index is 0.396. The van der Waals surface area contributed by atoms with E-state index < -0.39 is 36.0 Å². The second-order valence-electron chi connectivity index (χ2n) is 7.66. The van der Waals surface area contributed by atoms with Gasteiger partial charge < -0.3 is 10.6 Å². The topological polar surface area (TPSA) is 108 Å². The van der Waals surface area contributed by atoms with Crippen LogP contribution in [0.4, 0.5) is 15.3 Å². The van der Waals surface area contributed by atoms with Gasteiger partial charge in [-0.25, -0.2) is 9.59 Å². The summed E-state index contributed by atoms with van der Waals surface area (Å²) in [6.45, 7) is 5.14. The van der Waals surface area contributed by atoms with Crippen LogP contribution in [-0.4, -0.2) is 35.3 Å². The number of aryl methyl sites for hydroxylation is 2. The third-order valence-electron chi connectivity index (χ3n) is 5.25. The van der Waals surface area contributed by atoms with Crippen LogP contribution in [0.3, 0.4) is 0 Å². The maximum atomic E-state index is 13.2. The fraction of sp³-hybridized carbons (Fsp3) is 0.304. The largest absolute Gasteiger partial charge is 0.325 e. The molecule has 3 rings (SSSR count). The summed E-state index contributed by atoms with van der Waals surface area (Å²) in [5.41, 5.74) is 1.91. The monoisotopic (exact) mass is 422 g/mol. The number of urea groups is 2. The summed E-state index contributed by atoms with van der Waals surface area (Å²) < 4.78 is 0. The Morgan fingerprint density at radius 3 is 2.42 bits per heavy atom. The molecule has 1 heterocycles. The van der Waals surface area contributed by atoms with E-state index >= 15 is 0 Å². The van der Waals surface area contributed by atoms with Gasteiger partial charge >= 0.3 is 12.1 Å². The summed E-state index contributed by atoms with van der Waals surface area (Å²) in [5.74, 6) is -1.26. The molecule has 0 radical (unpaired) electrons. The first-order valence-electron chi connectivity index (χ1n) is 10.1. The maximum Gasteiger partial charge on any atom is 0.325 e. The van der Waals surface area contributed by atoms with Gasteiger partial charge in [-0.1, -0.05) is 61.4 Å². The lowest BCUT2D eigenvalue weighted by atomic mass is 9.85. The van der Waals surface area contributed by atoms with E-state index in [2.05, 4.69) is 16.0 Å². The minimum atomic E-state index is -1.21. The molecule has 1 aliphatic heterocycles. The molecule has 31 heavy (non-hydrogen) atoms. The van der Waals surface area contributed by atoms with Crippen molar-refractivity contribution >= 4 is 29.6 Å². The van der Waals surface area contributed by atoms with Crippen LogP contribution in [0.2, 0.25) is 0 Å². The Kier molecular flexibility index (Phi) is 6.39. The molecule has 2 aromatic carbocycles. The van der Waals surface area contributed by atoms with E-state index in [0.717, 1.165) is 16.0 Å². The van der Waals surface area contributed by atoms with Gasteiger partial charge in [-0.15, -0.1) is 0 Å². The predicted molar refractivity (Wildman–Crippen MR) is 116 cm³/mol. The Morgan fingerprint density at radius 1 is 1.06 bits per heavy atom. The van der Waals surface area contributed by atoms with E-state index in [9.17, 15) is 19.2 Å². The average Bonchev–Trinajstić information content (AvgIpc) is 2.96. The number of imide groups is 2. The van der Waals surface area contributed by atoms with Crippen LogP contribution in [-0.2, 0) is 15.1 Å². The summed E-state index contributed by atoms with van der Waals surface area (Å²) in [5, 5.41) is 7.53. The third-order valence-corrected chi connectivity index (χ3v) is 5.25. The van der Waals surface area contributed by atoms with Crippen LogP contribution in [0.1, 0.15) is 36.5 Å². The van der Waals surface area contributed by atoms with Gasteiger partial charge in [0.15, 0.2) is 0 Å². The number of nitrogens with zero attached hydrogens (tertiary/aromatic N) is 1. The van der Waals surface area contributed by atoms with Gasteiger partial charge in [-0.05, 0) is 37.5 Å². The third kappa shape index (κ3) is 4.58. The quantitative estimate of drug-likeness (QED) is 0.621. The molecule has 3 N–H and O–H groups in total. The Balaban J connectivity index is 1.69. The highest BCUT2D eigenvalue weighted by atomic mass is 16.2. The highest BCUT2D eigenvalue weighted by Gasteiger charge is 2.52. The number of benzene rings is 2. The van der Waals surface area contributed by atoms with Gasteiger partial charge in [0.25, 0.3) is 5.91 Å². The van der Waals surface area contributed by atoms with Gasteiger partial charge in [0.05, 0.1) is 0 Å². The Labute approximate surface area is 181 Å². The molecule has 0 unspecified atom stereocenters. The van der Waals surface area contributed by atoms with Crippen LogP contribution in [0.25, 0.3) is 0 Å². The molecule has 0 bridgehead atoms. The van der Waals surface area contributed by atoms with Crippen molar-refractivity contribution in [1.29, 1.82) is 0 Å². The van der Waals surface area contributed by atoms with Gasteiger partial charge in [-0.2, -0.15) is 0 Å². The van der Waals surface area contributed by atoms with E-state index in [-0.39, 0.29) is 0 Å². The van der Waals surface area contributed by atoms with Crippen LogP contribution in [0.5, 0.6) is 0 Å². The number of amides is 6. The number of rotatable bonds is 6. The lowest BCUT2D eigenvalue weighted by Gasteiger charge is -2.26. The first-order valence-corrected chi connectivity index (χ1v) is 10.1. The summed E-state index contributed by atoms with van der Waals surface area (Å²) >= 11 is 0. The fourth-order valence-electron chi connectivity index (χ4n) is 3.79. The zero-order chi connectivity index (χ0) is 22.6. The second-order valence-corrected chi connectivity index (χ2v) is 7.66. The van der Waals surface area contributed by atoms with Crippen molar-refractivity contribution in [2.24, 2.45) is 0 Å². The van der Waals surface area contributed by atoms with E-state index in [0.29, 0.717) is 24.1 Å². The van der Waals surface area contributed by atoms with Crippen LogP contribution >= 0.6 is 0 Å². The number of anilines is 1. The molecule has 1 aliphatic rings. The molecule has 0 aromatic heterocycles. The van der Waals surface area contributed by atoms with E-state index in [1.54, 1.807) is 30.3 Å². The van der Waals surface area contributed by atoms with E-state index in [4.69, 9.17) is 0 Å². The Bertz CT molecular complexity index is 1020. The molecule has 0 spiro atoms. The van der Waals surface area contributed by atoms with Gasteiger partial charge in [0.2, 0.25) is 5.91 Å². The standard InChI is InChI=1S/C23H26N4O4/c1-4-12-23(17-8-6-5-7-9-17)20(29)27(22(31)26-23)14-19(28)25-21(30)24-18-11-10-15(2)13-16(18)3/h5-11,13H,4,12,14H2,1-3H3,(H,26,31)(H2,24,25,28,30)/t23-/m0/s1. The summed E-state index contributed by atoms with van der Waals surface area (Å²) in [6.07, 6.45) is 1.05. The predicted octanol–water partition coefficient (Wildman–Crippen LogP) is 3.20. The molecule has 8 nitrogen and oxygen atoms in total. The van der Waals surface area contributed by atoms with Crippen molar-refractivity contribution in [2.45, 2.75) is 39.2 Å². The van der Waals surface area contributed by atoms with Gasteiger partial charge in [0, 0.05) is 5.69 Å². The smallest absolute Gasteiger partial charge is 0.319 e. The summed E-state index contributed by atoms with van der Waals surface area (Å²) in [4.78, 5) is 51.2. The first-order chi connectivity index (χ1) is 14.8. The molecule has 2 aromatic rings. The molecule has 1 atom stereocenters. The molecule has 8 heteroatoms. The van der Waals surface area contributed by atoms with Crippen molar-refractivity contribution in [2.75, 3.05) is 11.9 Å². The number of hydrogen-bond donors (Lipinski definition) is 3. The van der Waals surface area contributed by atoms with Crippen molar-refractivity contribution in [3.8, 4) is 0 Å². The minimum Gasteiger partial charge on any atom is -0.319 e. The molecule has 1 saturated heterocycles. The van der Waals surface area contributed by atoms with Gasteiger partial charge in [-0.3, -0.25) is 19.8 Å². The first kappa shape index (κ1) is 22.0. The van der Waals surface area contributed by atoms with Crippen LogP contribution in [0, 0.1) is 13.8 Å². The van der Waals surface area contributed by atoms with E-state index in [1.807, 2.05) is 39.0 Å². The zero-order valence-electron chi connectivity index (χ0n) is 17.8. The maximum absolute atomic E-state index is 13.2. The van der Waals surface area contributed by atoms with Crippen LogP contribution in [0.15, 0.2) is 48.5 Å². The number of carbonyl (C=O) groups excluding carboxylic acids is 4. The molecular weight excluding hydrogens is 396 g/mol. The molecule has 0 aliphatic carbocycles. The fourth-order valence-corrected chi connectivity index (χ4v) is 3.79. The average molecular weight is 422 g/mol. The Hall–Kier alpha value is -3.68. The lowest BCUT2D eigenvalue weighted by Crippen LogP contribution is -2.46. The molecular formula is C23H26N4O4. The lowest BCUT2D eigenvalue weighted by molar-refractivity contribution is -0.135. The van der Waals surface area contributed by atoms with Crippen molar-refractivity contribution in [3.05, 3.63) is 65.2 Å². The highest BCUT2D eigenvalue weighted by Crippen LogP contribution is 2.33. The summed E-state index contributed by atoms with van der Waals surface area (Å²) in [7, 11) is 0. The highest BCUT2D eigenvalue weighted by molar-refractivity contribution is 6.11. The van der Waals surface area contributed by atoms with Gasteiger partial charge in [0.1, 0.15) is 12.1 Å².